The number of aromatic amines is 2. The number of imidazole rings is 2. The smallest absolute Gasteiger partial charge is 0.281 e. The van der Waals surface area contributed by atoms with E-state index in [0.29, 0.717) is 17.8 Å². The van der Waals surface area contributed by atoms with Crippen molar-refractivity contribution >= 4 is 27.0 Å². The number of aryl methyl sites for hydroxylation is 1. The summed E-state index contributed by atoms with van der Waals surface area (Å²) in [5.74, 6) is 0.800. The molecule has 0 unspecified atom stereocenters. The number of benzene rings is 1. The summed E-state index contributed by atoms with van der Waals surface area (Å²) < 4.78 is 26.7. The predicted octanol–water partition coefficient (Wildman–Crippen LogP) is 1.65. The molecule has 0 saturated heterocycles. The fraction of sp³-hybridized carbons (Fsp3) is 0.167. The van der Waals surface area contributed by atoms with Crippen molar-refractivity contribution in [2.24, 2.45) is 0 Å². The zero-order valence-corrected chi connectivity index (χ0v) is 11.5. The molecule has 3 rings (SSSR count). The lowest BCUT2D eigenvalue weighted by Crippen LogP contribution is -2.14. The van der Waals surface area contributed by atoms with Gasteiger partial charge in [0.15, 0.2) is 5.03 Å². The van der Waals surface area contributed by atoms with Gasteiger partial charge in [-0.1, -0.05) is 19.1 Å². The normalized spacial score (nSPS) is 11.8. The third-order valence-electron chi connectivity index (χ3n) is 2.85. The highest BCUT2D eigenvalue weighted by molar-refractivity contribution is 7.92. The predicted molar refractivity (Wildman–Crippen MR) is 74.9 cm³/mol. The van der Waals surface area contributed by atoms with E-state index in [1.807, 2.05) is 25.1 Å². The molecule has 0 aliphatic carbocycles. The van der Waals surface area contributed by atoms with Crippen LogP contribution in [0.3, 0.4) is 0 Å². The van der Waals surface area contributed by atoms with Crippen LogP contribution in [-0.4, -0.2) is 28.4 Å². The second-order valence-electron chi connectivity index (χ2n) is 4.26. The quantitative estimate of drug-likeness (QED) is 0.680. The van der Waals surface area contributed by atoms with E-state index in [0.717, 1.165) is 5.52 Å². The van der Waals surface area contributed by atoms with Crippen LogP contribution < -0.4 is 4.72 Å². The fourth-order valence-corrected chi connectivity index (χ4v) is 2.75. The molecule has 0 bridgehead atoms. The van der Waals surface area contributed by atoms with Crippen LogP contribution in [0.15, 0.2) is 35.5 Å². The highest BCUT2D eigenvalue weighted by Crippen LogP contribution is 2.16. The third kappa shape index (κ3) is 2.25. The van der Waals surface area contributed by atoms with Crippen LogP contribution >= 0.6 is 0 Å². The number of rotatable bonds is 4. The van der Waals surface area contributed by atoms with Crippen LogP contribution in [-0.2, 0) is 16.4 Å². The summed E-state index contributed by atoms with van der Waals surface area (Å²) in [5, 5.41) is 0.0230. The van der Waals surface area contributed by atoms with E-state index < -0.39 is 10.0 Å². The van der Waals surface area contributed by atoms with Gasteiger partial charge < -0.3 is 9.97 Å². The largest absolute Gasteiger partial charge is 0.332 e. The molecule has 20 heavy (non-hydrogen) atoms. The molecule has 0 radical (unpaired) electrons. The van der Waals surface area contributed by atoms with Crippen molar-refractivity contribution in [1.82, 2.24) is 19.9 Å². The van der Waals surface area contributed by atoms with E-state index in [4.69, 9.17) is 0 Å². The lowest BCUT2D eigenvalue weighted by molar-refractivity contribution is 0.597. The summed E-state index contributed by atoms with van der Waals surface area (Å²) in [6.45, 7) is 1.89. The van der Waals surface area contributed by atoms with Crippen molar-refractivity contribution < 1.29 is 8.42 Å². The Kier molecular flexibility index (Phi) is 2.94. The molecule has 3 aromatic rings. The van der Waals surface area contributed by atoms with E-state index in [1.165, 1.54) is 6.20 Å². The Hall–Kier alpha value is -2.35. The number of anilines is 1. The van der Waals surface area contributed by atoms with E-state index in [9.17, 15) is 8.42 Å². The van der Waals surface area contributed by atoms with Gasteiger partial charge in [0.2, 0.25) is 5.95 Å². The Bertz CT molecular complexity index is 816. The zero-order valence-electron chi connectivity index (χ0n) is 10.7. The molecule has 0 atom stereocenters. The molecule has 3 N–H and O–H groups in total. The molecule has 0 saturated carbocycles. The summed E-state index contributed by atoms with van der Waals surface area (Å²) in [6, 6.07) is 7.31. The van der Waals surface area contributed by atoms with Gasteiger partial charge in [0.1, 0.15) is 5.82 Å². The number of hydrogen-bond donors (Lipinski definition) is 3. The maximum Gasteiger partial charge on any atom is 0.281 e. The molecule has 0 amide bonds. The van der Waals surface area contributed by atoms with Crippen molar-refractivity contribution in [2.75, 3.05) is 4.72 Å². The Balaban J connectivity index is 1.92. The van der Waals surface area contributed by atoms with Gasteiger partial charge in [-0.25, -0.2) is 14.7 Å². The van der Waals surface area contributed by atoms with Crippen LogP contribution in [0.25, 0.3) is 11.0 Å². The average Bonchev–Trinajstić information content (AvgIpc) is 3.04. The summed E-state index contributed by atoms with van der Waals surface area (Å²) >= 11 is 0. The topological polar surface area (TPSA) is 104 Å². The van der Waals surface area contributed by atoms with E-state index >= 15 is 0 Å². The molecule has 8 heteroatoms. The minimum absolute atomic E-state index is 0.0230. The van der Waals surface area contributed by atoms with Crippen LogP contribution in [0.4, 0.5) is 5.95 Å². The van der Waals surface area contributed by atoms with Gasteiger partial charge >= 0.3 is 0 Å². The van der Waals surface area contributed by atoms with Crippen LogP contribution in [0.2, 0.25) is 0 Å². The van der Waals surface area contributed by atoms with Gasteiger partial charge in [-0.2, -0.15) is 8.42 Å². The monoisotopic (exact) mass is 291 g/mol. The molecule has 2 heterocycles. The number of nitrogens with one attached hydrogen (secondary N) is 3. The van der Waals surface area contributed by atoms with E-state index in [2.05, 4.69) is 24.7 Å². The first kappa shape index (κ1) is 12.7. The first-order valence-corrected chi connectivity index (χ1v) is 7.58. The van der Waals surface area contributed by atoms with E-state index in [1.54, 1.807) is 6.07 Å². The average molecular weight is 291 g/mol. The van der Waals surface area contributed by atoms with Crippen LogP contribution in [0, 0.1) is 0 Å². The Morgan fingerprint density at radius 2 is 2.05 bits per heavy atom. The number of aromatic nitrogens is 4. The molecule has 104 valence electrons. The van der Waals surface area contributed by atoms with Gasteiger partial charge in [-0.05, 0) is 12.1 Å². The van der Waals surface area contributed by atoms with Crippen molar-refractivity contribution in [3.63, 3.8) is 0 Å². The number of nitrogens with zero attached hydrogens (tertiary/aromatic N) is 2. The Morgan fingerprint density at radius 3 is 2.75 bits per heavy atom. The molecule has 1 aromatic carbocycles. The Labute approximate surface area is 115 Å². The van der Waals surface area contributed by atoms with Crippen molar-refractivity contribution in [1.29, 1.82) is 0 Å². The zero-order chi connectivity index (χ0) is 14.2. The second kappa shape index (κ2) is 4.64. The molecule has 0 aliphatic rings. The number of para-hydroxylation sites is 2. The van der Waals surface area contributed by atoms with Gasteiger partial charge in [0.05, 0.1) is 17.2 Å². The Morgan fingerprint density at radius 1 is 1.25 bits per heavy atom. The first-order chi connectivity index (χ1) is 9.58. The van der Waals surface area contributed by atoms with Gasteiger partial charge in [0.25, 0.3) is 10.0 Å². The third-order valence-corrected chi connectivity index (χ3v) is 4.10. The van der Waals surface area contributed by atoms with Gasteiger partial charge in [0, 0.05) is 6.42 Å². The minimum atomic E-state index is -3.71. The van der Waals surface area contributed by atoms with Crippen LogP contribution in [0.1, 0.15) is 12.7 Å². The lowest BCUT2D eigenvalue weighted by atomic mass is 10.3. The van der Waals surface area contributed by atoms with E-state index in [-0.39, 0.29) is 11.0 Å². The maximum absolute atomic E-state index is 12.2. The number of fused-ring (bicyclic) bond motifs is 1. The molecule has 0 spiro atoms. The van der Waals surface area contributed by atoms with Gasteiger partial charge in [-0.15, -0.1) is 0 Å². The maximum atomic E-state index is 12.2. The second-order valence-corrected chi connectivity index (χ2v) is 5.91. The standard InChI is InChI=1S/C12H13N5O2S/c1-2-10-13-7-11(16-10)20(18,19)17-12-14-8-5-3-4-6-9(8)15-12/h3-7H,2H2,1H3,(H,13,16)(H2,14,15,17). The summed E-state index contributed by atoms with van der Waals surface area (Å²) in [6.07, 6.45) is 1.93. The molecule has 2 aromatic heterocycles. The number of hydrogen-bond acceptors (Lipinski definition) is 4. The molecule has 7 nitrogen and oxygen atoms in total. The first-order valence-electron chi connectivity index (χ1n) is 6.10. The molecule has 0 aliphatic heterocycles. The summed E-state index contributed by atoms with van der Waals surface area (Å²) in [7, 11) is -3.71. The van der Waals surface area contributed by atoms with Crippen LogP contribution in [0.5, 0.6) is 0 Å². The lowest BCUT2D eigenvalue weighted by Gasteiger charge is -2.01. The highest BCUT2D eigenvalue weighted by Gasteiger charge is 2.18. The van der Waals surface area contributed by atoms with Gasteiger partial charge in [-0.3, -0.25) is 0 Å². The molecular weight excluding hydrogens is 278 g/mol. The molecule has 0 fully saturated rings. The summed E-state index contributed by atoms with van der Waals surface area (Å²) in [5.41, 5.74) is 1.47. The van der Waals surface area contributed by atoms with Crippen molar-refractivity contribution in [2.45, 2.75) is 18.4 Å². The molecular formula is C12H13N5O2S. The number of sulfonamides is 1. The minimum Gasteiger partial charge on any atom is -0.332 e. The van der Waals surface area contributed by atoms with Crippen molar-refractivity contribution in [3.8, 4) is 0 Å². The highest BCUT2D eigenvalue weighted by atomic mass is 32.2. The SMILES string of the molecule is CCc1ncc(S(=O)(=O)Nc2nc3ccccc3[nH]2)[nH]1. The van der Waals surface area contributed by atoms with Crippen molar-refractivity contribution in [3.05, 3.63) is 36.3 Å². The fourth-order valence-electron chi connectivity index (χ4n) is 1.84. The summed E-state index contributed by atoms with van der Waals surface area (Å²) in [4.78, 5) is 13.8. The number of H-pyrrole nitrogens is 2.